The Hall–Kier alpha value is -2.90. The Labute approximate surface area is 132 Å². The number of nitrogens with zero attached hydrogens (tertiary/aromatic N) is 4. The number of anilines is 1. The highest BCUT2D eigenvalue weighted by atomic mass is 16.6. The highest BCUT2D eigenvalue weighted by Gasteiger charge is 2.25. The fourth-order valence-electron chi connectivity index (χ4n) is 2.57. The Morgan fingerprint density at radius 2 is 1.87 bits per heavy atom. The van der Waals surface area contributed by atoms with E-state index in [9.17, 15) is 14.9 Å². The van der Waals surface area contributed by atoms with E-state index in [0.717, 1.165) is 5.69 Å². The van der Waals surface area contributed by atoms with E-state index in [4.69, 9.17) is 4.52 Å². The minimum atomic E-state index is -0.417. The molecule has 1 amide bonds. The summed E-state index contributed by atoms with van der Waals surface area (Å²) in [4.78, 5) is 26.4. The molecule has 0 atom stereocenters. The molecule has 23 heavy (non-hydrogen) atoms. The average molecular weight is 316 g/mol. The Balaban J connectivity index is 1.61. The Morgan fingerprint density at radius 1 is 1.22 bits per heavy atom. The van der Waals surface area contributed by atoms with Crippen LogP contribution in [-0.4, -0.2) is 47.1 Å². The smallest absolute Gasteiger partial charge is 0.292 e. The predicted octanol–water partition coefficient (Wildman–Crippen LogP) is 1.85. The first-order valence-electron chi connectivity index (χ1n) is 7.26. The third kappa shape index (κ3) is 3.15. The fraction of sp³-hybridized carbons (Fsp3) is 0.333. The van der Waals surface area contributed by atoms with Gasteiger partial charge in [0.15, 0.2) is 0 Å². The van der Waals surface area contributed by atoms with Crippen molar-refractivity contribution in [3.05, 3.63) is 51.9 Å². The SMILES string of the molecule is Cc1cc(C(=O)N2CCN(c3ccc([N+](=O)[O-])cc3)CC2)on1. The van der Waals surface area contributed by atoms with Gasteiger partial charge in [-0.1, -0.05) is 5.16 Å². The van der Waals surface area contributed by atoms with Crippen LogP contribution in [0.3, 0.4) is 0 Å². The molecule has 0 unspecified atom stereocenters. The van der Waals surface area contributed by atoms with Crippen LogP contribution in [0, 0.1) is 17.0 Å². The number of piperazine rings is 1. The van der Waals surface area contributed by atoms with Crippen LogP contribution >= 0.6 is 0 Å². The number of aromatic nitrogens is 1. The normalized spacial score (nSPS) is 14.8. The summed E-state index contributed by atoms with van der Waals surface area (Å²) in [6.07, 6.45) is 0. The van der Waals surface area contributed by atoms with Crippen LogP contribution in [0.15, 0.2) is 34.9 Å². The van der Waals surface area contributed by atoms with Gasteiger partial charge in [-0.3, -0.25) is 14.9 Å². The largest absolute Gasteiger partial charge is 0.368 e. The van der Waals surface area contributed by atoms with Gasteiger partial charge in [0.25, 0.3) is 11.6 Å². The molecule has 3 rings (SSSR count). The van der Waals surface area contributed by atoms with E-state index >= 15 is 0 Å². The number of hydrogen-bond acceptors (Lipinski definition) is 6. The van der Waals surface area contributed by atoms with Gasteiger partial charge < -0.3 is 14.3 Å². The maximum Gasteiger partial charge on any atom is 0.292 e. The molecule has 0 aliphatic carbocycles. The number of carbonyl (C=O) groups excluding carboxylic acids is 1. The highest BCUT2D eigenvalue weighted by Crippen LogP contribution is 2.21. The van der Waals surface area contributed by atoms with Crippen molar-refractivity contribution in [1.29, 1.82) is 0 Å². The lowest BCUT2D eigenvalue weighted by Gasteiger charge is -2.35. The minimum absolute atomic E-state index is 0.0725. The summed E-state index contributed by atoms with van der Waals surface area (Å²) in [6, 6.07) is 8.07. The van der Waals surface area contributed by atoms with Crippen LogP contribution in [0.4, 0.5) is 11.4 Å². The monoisotopic (exact) mass is 316 g/mol. The lowest BCUT2D eigenvalue weighted by atomic mass is 10.2. The molecular formula is C15H16N4O4. The van der Waals surface area contributed by atoms with Crippen molar-refractivity contribution >= 4 is 17.3 Å². The molecule has 0 N–H and O–H groups in total. The Bertz CT molecular complexity index is 717. The van der Waals surface area contributed by atoms with Gasteiger partial charge in [0, 0.05) is 50.1 Å². The van der Waals surface area contributed by atoms with Gasteiger partial charge in [-0.15, -0.1) is 0 Å². The summed E-state index contributed by atoms with van der Waals surface area (Å²) in [5.74, 6) is 0.0974. The first-order chi connectivity index (χ1) is 11.0. The van der Waals surface area contributed by atoms with Crippen LogP contribution in [0.2, 0.25) is 0 Å². The fourth-order valence-corrected chi connectivity index (χ4v) is 2.57. The van der Waals surface area contributed by atoms with Gasteiger partial charge in [-0.2, -0.15) is 0 Å². The second-order valence-corrected chi connectivity index (χ2v) is 5.39. The number of nitro benzene ring substituents is 1. The quantitative estimate of drug-likeness (QED) is 0.634. The third-order valence-electron chi connectivity index (χ3n) is 3.83. The first kappa shape index (κ1) is 15.0. The number of non-ortho nitro benzene ring substituents is 1. The molecule has 8 heteroatoms. The third-order valence-corrected chi connectivity index (χ3v) is 3.83. The molecule has 1 aromatic heterocycles. The summed E-state index contributed by atoms with van der Waals surface area (Å²) in [5.41, 5.74) is 1.67. The van der Waals surface area contributed by atoms with E-state index in [1.165, 1.54) is 12.1 Å². The molecule has 1 aliphatic heterocycles. The summed E-state index contributed by atoms with van der Waals surface area (Å²) in [7, 11) is 0. The van der Waals surface area contributed by atoms with E-state index in [-0.39, 0.29) is 17.4 Å². The number of nitro groups is 1. The number of benzene rings is 1. The highest BCUT2D eigenvalue weighted by molar-refractivity contribution is 5.91. The average Bonchev–Trinajstić information content (AvgIpc) is 3.01. The minimum Gasteiger partial charge on any atom is -0.368 e. The van der Waals surface area contributed by atoms with E-state index in [1.54, 1.807) is 30.0 Å². The van der Waals surface area contributed by atoms with Crippen LogP contribution in [-0.2, 0) is 0 Å². The van der Waals surface area contributed by atoms with E-state index in [0.29, 0.717) is 31.9 Å². The Kier molecular flexibility index (Phi) is 3.96. The number of aryl methyl sites for hydroxylation is 1. The zero-order valence-electron chi connectivity index (χ0n) is 12.6. The van der Waals surface area contributed by atoms with E-state index in [2.05, 4.69) is 10.1 Å². The van der Waals surface area contributed by atoms with Crippen molar-refractivity contribution in [3.63, 3.8) is 0 Å². The molecule has 0 radical (unpaired) electrons. The number of hydrogen-bond donors (Lipinski definition) is 0. The van der Waals surface area contributed by atoms with Crippen LogP contribution in [0.25, 0.3) is 0 Å². The van der Waals surface area contributed by atoms with Crippen LogP contribution < -0.4 is 4.90 Å². The lowest BCUT2D eigenvalue weighted by Crippen LogP contribution is -2.48. The van der Waals surface area contributed by atoms with Crippen LogP contribution in [0.5, 0.6) is 0 Å². The molecule has 0 spiro atoms. The molecule has 8 nitrogen and oxygen atoms in total. The van der Waals surface area contributed by atoms with Gasteiger partial charge in [0.2, 0.25) is 5.76 Å². The maximum absolute atomic E-state index is 12.3. The molecular weight excluding hydrogens is 300 g/mol. The molecule has 1 aliphatic rings. The van der Waals surface area contributed by atoms with Crippen molar-refractivity contribution in [2.24, 2.45) is 0 Å². The zero-order chi connectivity index (χ0) is 16.4. The van der Waals surface area contributed by atoms with Crippen molar-refractivity contribution in [2.75, 3.05) is 31.1 Å². The van der Waals surface area contributed by atoms with Crippen molar-refractivity contribution < 1.29 is 14.2 Å². The number of rotatable bonds is 3. The number of amides is 1. The molecule has 1 saturated heterocycles. The predicted molar refractivity (Wildman–Crippen MR) is 82.5 cm³/mol. The first-order valence-corrected chi connectivity index (χ1v) is 7.26. The standard InChI is InChI=1S/C15H16N4O4/c1-11-10-14(23-16-11)15(20)18-8-6-17(7-9-18)12-2-4-13(5-3-12)19(21)22/h2-5,10H,6-9H2,1H3. The van der Waals surface area contributed by atoms with Crippen molar-refractivity contribution in [3.8, 4) is 0 Å². The van der Waals surface area contributed by atoms with E-state index in [1.807, 2.05) is 0 Å². The van der Waals surface area contributed by atoms with Gasteiger partial charge >= 0.3 is 0 Å². The van der Waals surface area contributed by atoms with Gasteiger partial charge in [0.1, 0.15) is 0 Å². The molecule has 1 aromatic carbocycles. The van der Waals surface area contributed by atoms with E-state index < -0.39 is 4.92 Å². The van der Waals surface area contributed by atoms with Crippen molar-refractivity contribution in [2.45, 2.75) is 6.92 Å². The molecule has 120 valence electrons. The lowest BCUT2D eigenvalue weighted by molar-refractivity contribution is -0.384. The Morgan fingerprint density at radius 3 is 2.39 bits per heavy atom. The second kappa shape index (κ2) is 6.07. The topological polar surface area (TPSA) is 92.7 Å². The summed E-state index contributed by atoms with van der Waals surface area (Å²) >= 11 is 0. The molecule has 0 bridgehead atoms. The maximum atomic E-state index is 12.3. The summed E-state index contributed by atoms with van der Waals surface area (Å²) in [6.45, 7) is 4.23. The summed E-state index contributed by atoms with van der Waals surface area (Å²) < 4.78 is 5.01. The zero-order valence-corrected chi connectivity index (χ0v) is 12.6. The van der Waals surface area contributed by atoms with Crippen LogP contribution in [0.1, 0.15) is 16.2 Å². The molecule has 2 heterocycles. The van der Waals surface area contributed by atoms with Crippen molar-refractivity contribution in [1.82, 2.24) is 10.1 Å². The van der Waals surface area contributed by atoms with Gasteiger partial charge in [-0.05, 0) is 19.1 Å². The van der Waals surface area contributed by atoms with Gasteiger partial charge in [-0.25, -0.2) is 0 Å². The summed E-state index contributed by atoms with van der Waals surface area (Å²) in [5, 5.41) is 14.4. The molecule has 0 saturated carbocycles. The molecule has 1 fully saturated rings. The molecule has 2 aromatic rings. The van der Waals surface area contributed by atoms with Gasteiger partial charge in [0.05, 0.1) is 10.6 Å². The number of carbonyl (C=O) groups is 1. The second-order valence-electron chi connectivity index (χ2n) is 5.39.